The summed E-state index contributed by atoms with van der Waals surface area (Å²) in [6.07, 6.45) is 2.34. The topological polar surface area (TPSA) is 55.8 Å². The molecule has 1 saturated heterocycles. The van der Waals surface area contributed by atoms with Crippen molar-refractivity contribution >= 4 is 11.9 Å². The predicted octanol–water partition coefficient (Wildman–Crippen LogP) is 2.79. The number of esters is 1. The Kier molecular flexibility index (Phi) is 7.03. The van der Waals surface area contributed by atoms with E-state index in [1.807, 2.05) is 0 Å². The summed E-state index contributed by atoms with van der Waals surface area (Å²) in [6.45, 7) is 3.80. The normalized spacial score (nSPS) is 15.2. The van der Waals surface area contributed by atoms with Crippen LogP contribution in [0.3, 0.4) is 0 Å². The Morgan fingerprint density at radius 3 is 2.50 bits per heavy atom. The Labute approximate surface area is 141 Å². The van der Waals surface area contributed by atoms with Gasteiger partial charge in [0.1, 0.15) is 11.6 Å². The summed E-state index contributed by atoms with van der Waals surface area (Å²) in [5, 5.41) is 0. The summed E-state index contributed by atoms with van der Waals surface area (Å²) in [7, 11) is 0. The number of amides is 1. The number of piperidine rings is 1. The number of carbonyl (C=O) groups excluding carboxylic acids is 2. The largest absolute Gasteiger partial charge is 0.494 e. The van der Waals surface area contributed by atoms with Crippen molar-refractivity contribution < 1.29 is 23.5 Å². The van der Waals surface area contributed by atoms with Crippen LogP contribution < -0.4 is 4.74 Å². The highest BCUT2D eigenvalue weighted by molar-refractivity contribution is 5.77. The summed E-state index contributed by atoms with van der Waals surface area (Å²) in [5.41, 5.74) is 0. The number of hydrogen-bond acceptors (Lipinski definition) is 4. The van der Waals surface area contributed by atoms with Crippen molar-refractivity contribution in [3.8, 4) is 5.75 Å². The lowest BCUT2D eigenvalue weighted by atomic mass is 9.97. The monoisotopic (exact) mass is 337 g/mol. The van der Waals surface area contributed by atoms with Gasteiger partial charge < -0.3 is 14.4 Å². The zero-order valence-electron chi connectivity index (χ0n) is 14.0. The lowest BCUT2D eigenvalue weighted by Gasteiger charge is -2.31. The van der Waals surface area contributed by atoms with Gasteiger partial charge in [0.25, 0.3) is 0 Å². The van der Waals surface area contributed by atoms with Gasteiger partial charge in [0, 0.05) is 19.5 Å². The number of carbonyl (C=O) groups is 2. The average Bonchev–Trinajstić information content (AvgIpc) is 2.60. The second-order valence-corrected chi connectivity index (χ2v) is 5.81. The molecular formula is C18H24FNO4. The van der Waals surface area contributed by atoms with Crippen LogP contribution in [0.15, 0.2) is 24.3 Å². The Morgan fingerprint density at radius 2 is 1.88 bits per heavy atom. The second kappa shape index (κ2) is 9.25. The van der Waals surface area contributed by atoms with Crippen LogP contribution in [-0.2, 0) is 14.3 Å². The van der Waals surface area contributed by atoms with Crippen molar-refractivity contribution in [2.75, 3.05) is 26.3 Å². The third-order valence-electron chi connectivity index (χ3n) is 4.08. The van der Waals surface area contributed by atoms with Gasteiger partial charge in [0.15, 0.2) is 0 Å². The van der Waals surface area contributed by atoms with Gasteiger partial charge >= 0.3 is 5.97 Å². The van der Waals surface area contributed by atoms with Gasteiger partial charge in [-0.1, -0.05) is 0 Å². The Bertz CT molecular complexity index is 538. The van der Waals surface area contributed by atoms with Gasteiger partial charge in [-0.25, -0.2) is 4.39 Å². The standard InChI is InChI=1S/C18H24FNO4/c1-2-23-18(22)14-9-11-20(12-10-14)17(21)4-3-13-24-16-7-5-15(19)6-8-16/h5-8,14H,2-4,9-13H2,1H3. The summed E-state index contributed by atoms with van der Waals surface area (Å²) >= 11 is 0. The fourth-order valence-electron chi connectivity index (χ4n) is 2.73. The number of ether oxygens (including phenoxy) is 2. The van der Waals surface area contributed by atoms with E-state index in [4.69, 9.17) is 9.47 Å². The van der Waals surface area contributed by atoms with Crippen LogP contribution in [-0.4, -0.2) is 43.1 Å². The maximum atomic E-state index is 12.8. The molecule has 0 atom stereocenters. The van der Waals surface area contributed by atoms with Crippen LogP contribution >= 0.6 is 0 Å². The second-order valence-electron chi connectivity index (χ2n) is 5.81. The smallest absolute Gasteiger partial charge is 0.309 e. The van der Waals surface area contributed by atoms with Crippen molar-refractivity contribution in [1.29, 1.82) is 0 Å². The van der Waals surface area contributed by atoms with Crippen molar-refractivity contribution in [3.63, 3.8) is 0 Å². The Balaban J connectivity index is 1.63. The van der Waals surface area contributed by atoms with Crippen molar-refractivity contribution in [2.24, 2.45) is 5.92 Å². The highest BCUT2D eigenvalue weighted by atomic mass is 19.1. The van der Waals surface area contributed by atoms with Crippen molar-refractivity contribution in [1.82, 2.24) is 4.90 Å². The number of benzene rings is 1. The minimum Gasteiger partial charge on any atom is -0.494 e. The van der Waals surface area contributed by atoms with Gasteiger partial charge in [0.2, 0.25) is 5.91 Å². The van der Waals surface area contributed by atoms with Crippen LogP contribution in [0.25, 0.3) is 0 Å². The van der Waals surface area contributed by atoms with Crippen LogP contribution in [0.5, 0.6) is 5.75 Å². The molecule has 0 bridgehead atoms. The summed E-state index contributed by atoms with van der Waals surface area (Å²) in [4.78, 5) is 25.6. The summed E-state index contributed by atoms with van der Waals surface area (Å²) in [5.74, 6) is 0.135. The molecule has 5 nitrogen and oxygen atoms in total. The lowest BCUT2D eigenvalue weighted by molar-refractivity contribution is -0.151. The molecule has 0 spiro atoms. The molecule has 2 rings (SSSR count). The molecule has 0 N–H and O–H groups in total. The summed E-state index contributed by atoms with van der Waals surface area (Å²) in [6, 6.07) is 5.82. The van der Waals surface area contributed by atoms with E-state index in [0.29, 0.717) is 57.7 Å². The third kappa shape index (κ3) is 5.51. The first-order chi connectivity index (χ1) is 11.6. The third-order valence-corrected chi connectivity index (χ3v) is 4.08. The molecule has 6 heteroatoms. The number of likely N-dealkylation sites (tertiary alicyclic amines) is 1. The number of nitrogens with zero attached hydrogens (tertiary/aromatic N) is 1. The average molecular weight is 337 g/mol. The zero-order valence-corrected chi connectivity index (χ0v) is 14.0. The van der Waals surface area contributed by atoms with Gasteiger partial charge in [-0.3, -0.25) is 9.59 Å². The van der Waals surface area contributed by atoms with Crippen LogP contribution in [0.2, 0.25) is 0 Å². The number of halogens is 1. The maximum Gasteiger partial charge on any atom is 0.309 e. The van der Waals surface area contributed by atoms with E-state index in [2.05, 4.69) is 0 Å². The van der Waals surface area contributed by atoms with Crippen molar-refractivity contribution in [2.45, 2.75) is 32.6 Å². The Hall–Kier alpha value is -2.11. The molecule has 1 amide bonds. The van der Waals surface area contributed by atoms with Crippen LogP contribution in [0.4, 0.5) is 4.39 Å². The predicted molar refractivity (Wildman–Crippen MR) is 87.1 cm³/mol. The van der Waals surface area contributed by atoms with Gasteiger partial charge in [-0.2, -0.15) is 0 Å². The first-order valence-corrected chi connectivity index (χ1v) is 8.43. The van der Waals surface area contributed by atoms with E-state index in [9.17, 15) is 14.0 Å². The van der Waals surface area contributed by atoms with Crippen molar-refractivity contribution in [3.05, 3.63) is 30.1 Å². The first kappa shape index (κ1) is 18.2. The molecule has 132 valence electrons. The van der Waals surface area contributed by atoms with E-state index < -0.39 is 0 Å². The molecule has 1 aromatic rings. The van der Waals surface area contributed by atoms with E-state index in [0.717, 1.165) is 0 Å². The molecular weight excluding hydrogens is 313 g/mol. The van der Waals surface area contributed by atoms with Gasteiger partial charge in [-0.15, -0.1) is 0 Å². The quantitative estimate of drug-likeness (QED) is 0.567. The number of hydrogen-bond donors (Lipinski definition) is 0. The fraction of sp³-hybridized carbons (Fsp3) is 0.556. The molecule has 1 heterocycles. The molecule has 1 aliphatic heterocycles. The molecule has 0 radical (unpaired) electrons. The highest BCUT2D eigenvalue weighted by Crippen LogP contribution is 2.19. The van der Waals surface area contributed by atoms with E-state index in [-0.39, 0.29) is 23.6 Å². The van der Waals surface area contributed by atoms with Crippen LogP contribution in [0.1, 0.15) is 32.6 Å². The van der Waals surface area contributed by atoms with E-state index >= 15 is 0 Å². The minimum atomic E-state index is -0.302. The molecule has 24 heavy (non-hydrogen) atoms. The molecule has 0 unspecified atom stereocenters. The zero-order chi connectivity index (χ0) is 17.4. The van der Waals surface area contributed by atoms with E-state index in [1.165, 1.54) is 12.1 Å². The molecule has 1 aromatic carbocycles. The van der Waals surface area contributed by atoms with Gasteiger partial charge in [0.05, 0.1) is 19.1 Å². The lowest BCUT2D eigenvalue weighted by Crippen LogP contribution is -2.40. The molecule has 0 saturated carbocycles. The minimum absolute atomic E-state index is 0.0833. The summed E-state index contributed by atoms with van der Waals surface area (Å²) < 4.78 is 23.3. The molecule has 0 aromatic heterocycles. The molecule has 1 aliphatic rings. The highest BCUT2D eigenvalue weighted by Gasteiger charge is 2.27. The number of rotatable bonds is 7. The maximum absolute atomic E-state index is 12.8. The molecule has 0 aliphatic carbocycles. The van der Waals surface area contributed by atoms with E-state index in [1.54, 1.807) is 24.0 Å². The SMILES string of the molecule is CCOC(=O)C1CCN(C(=O)CCCOc2ccc(F)cc2)CC1. The fourth-order valence-corrected chi connectivity index (χ4v) is 2.73. The first-order valence-electron chi connectivity index (χ1n) is 8.43. The van der Waals surface area contributed by atoms with Gasteiger partial charge in [-0.05, 0) is 50.5 Å². The molecule has 1 fully saturated rings. The Morgan fingerprint density at radius 1 is 1.21 bits per heavy atom. The van der Waals surface area contributed by atoms with Crippen LogP contribution in [0, 0.1) is 11.7 Å².